The van der Waals surface area contributed by atoms with E-state index < -0.39 is 5.97 Å². The van der Waals surface area contributed by atoms with Gasteiger partial charge in [0.15, 0.2) is 11.5 Å². The maximum Gasteiger partial charge on any atom is 0.339 e. The lowest BCUT2D eigenvalue weighted by atomic mass is 10.1. The van der Waals surface area contributed by atoms with Crippen LogP contribution in [0.1, 0.15) is 10.4 Å². The molecule has 1 saturated heterocycles. The van der Waals surface area contributed by atoms with Gasteiger partial charge < -0.3 is 14.6 Å². The summed E-state index contributed by atoms with van der Waals surface area (Å²) in [6.07, 6.45) is -0.0109. The fourth-order valence-electron chi connectivity index (χ4n) is 1.88. The molecule has 0 saturated carbocycles. The number of ether oxygens (including phenoxy) is 2. The molecule has 0 spiro atoms. The van der Waals surface area contributed by atoms with E-state index in [-0.39, 0.29) is 17.4 Å². The number of aromatic carboxylic acids is 1. The van der Waals surface area contributed by atoms with Gasteiger partial charge in [-0.1, -0.05) is 11.6 Å². The molecule has 98 valence electrons. The summed E-state index contributed by atoms with van der Waals surface area (Å²) in [7, 11) is 3.42. The highest BCUT2D eigenvalue weighted by Gasteiger charge is 2.28. The first-order valence-electron chi connectivity index (χ1n) is 5.47. The Kier molecular flexibility index (Phi) is 3.63. The van der Waals surface area contributed by atoms with Crippen LogP contribution in [0.5, 0.6) is 11.5 Å². The molecule has 1 aliphatic rings. The minimum absolute atomic E-state index is 0.0109. The SMILES string of the molecule is COc1cc(Cl)cc(C(=O)O)c1OC1CN(C)C1. The van der Waals surface area contributed by atoms with Crippen molar-refractivity contribution >= 4 is 17.6 Å². The van der Waals surface area contributed by atoms with Crippen molar-refractivity contribution in [2.24, 2.45) is 0 Å². The summed E-state index contributed by atoms with van der Waals surface area (Å²) in [5.41, 5.74) is 0.0221. The molecule has 0 unspecified atom stereocenters. The number of carbonyl (C=O) groups is 1. The summed E-state index contributed by atoms with van der Waals surface area (Å²) in [6, 6.07) is 2.91. The van der Waals surface area contributed by atoms with Gasteiger partial charge >= 0.3 is 5.97 Å². The van der Waals surface area contributed by atoms with Crippen molar-refractivity contribution in [1.29, 1.82) is 0 Å². The van der Waals surface area contributed by atoms with E-state index in [1.165, 1.54) is 13.2 Å². The number of likely N-dealkylation sites (tertiary alicyclic amines) is 1. The van der Waals surface area contributed by atoms with E-state index in [0.29, 0.717) is 10.8 Å². The maximum atomic E-state index is 11.2. The summed E-state index contributed by atoms with van der Waals surface area (Å²) in [6.45, 7) is 1.54. The molecule has 5 nitrogen and oxygen atoms in total. The highest BCUT2D eigenvalue weighted by atomic mass is 35.5. The van der Waals surface area contributed by atoms with Gasteiger partial charge in [-0.05, 0) is 13.1 Å². The molecule has 0 bridgehead atoms. The fourth-order valence-corrected chi connectivity index (χ4v) is 2.09. The molecule has 0 atom stereocenters. The highest BCUT2D eigenvalue weighted by Crippen LogP contribution is 2.36. The average Bonchev–Trinajstić information content (AvgIpc) is 2.28. The third kappa shape index (κ3) is 2.52. The van der Waals surface area contributed by atoms with Crippen LogP contribution in [0.3, 0.4) is 0 Å². The Hall–Kier alpha value is -1.46. The number of rotatable bonds is 4. The first-order valence-corrected chi connectivity index (χ1v) is 5.85. The number of carboxylic acid groups (broad SMARTS) is 1. The average molecular weight is 272 g/mol. The van der Waals surface area contributed by atoms with Gasteiger partial charge in [0.25, 0.3) is 0 Å². The van der Waals surface area contributed by atoms with Gasteiger partial charge in [-0.2, -0.15) is 0 Å². The third-order valence-electron chi connectivity index (χ3n) is 2.79. The topological polar surface area (TPSA) is 59.0 Å². The number of nitrogens with zero attached hydrogens (tertiary/aromatic N) is 1. The molecule has 2 rings (SSSR count). The molecule has 18 heavy (non-hydrogen) atoms. The molecule has 1 aromatic rings. The summed E-state index contributed by atoms with van der Waals surface area (Å²) >= 11 is 5.85. The largest absolute Gasteiger partial charge is 0.493 e. The van der Waals surface area contributed by atoms with Gasteiger partial charge in [-0.15, -0.1) is 0 Å². The van der Waals surface area contributed by atoms with E-state index in [9.17, 15) is 4.79 Å². The summed E-state index contributed by atoms with van der Waals surface area (Å²) < 4.78 is 10.8. The van der Waals surface area contributed by atoms with Gasteiger partial charge in [0.1, 0.15) is 11.7 Å². The number of carboxylic acids is 1. The molecule has 1 N–H and O–H groups in total. The lowest BCUT2D eigenvalue weighted by Gasteiger charge is -2.36. The van der Waals surface area contributed by atoms with Crippen molar-refractivity contribution in [3.05, 3.63) is 22.7 Å². The van der Waals surface area contributed by atoms with Crippen LogP contribution in [-0.2, 0) is 0 Å². The zero-order chi connectivity index (χ0) is 13.3. The Morgan fingerprint density at radius 2 is 2.17 bits per heavy atom. The summed E-state index contributed by atoms with van der Waals surface area (Å²) in [5.74, 6) is -0.500. The first-order chi connectivity index (χ1) is 8.51. The maximum absolute atomic E-state index is 11.2. The normalized spacial score (nSPS) is 16.2. The van der Waals surface area contributed by atoms with E-state index >= 15 is 0 Å². The monoisotopic (exact) mass is 271 g/mol. The molecule has 1 aromatic carbocycles. The van der Waals surface area contributed by atoms with Crippen molar-refractivity contribution in [2.75, 3.05) is 27.2 Å². The molecular formula is C12H14ClNO4. The minimum Gasteiger partial charge on any atom is -0.493 e. The predicted molar refractivity (Wildman–Crippen MR) is 66.9 cm³/mol. The number of likely N-dealkylation sites (N-methyl/N-ethyl adjacent to an activating group) is 1. The van der Waals surface area contributed by atoms with Crippen LogP contribution in [0.25, 0.3) is 0 Å². The smallest absolute Gasteiger partial charge is 0.339 e. The van der Waals surface area contributed by atoms with Crippen LogP contribution in [0.15, 0.2) is 12.1 Å². The molecule has 0 aromatic heterocycles. The van der Waals surface area contributed by atoms with Gasteiger partial charge in [-0.3, -0.25) is 4.90 Å². The van der Waals surface area contributed by atoms with E-state index in [4.69, 9.17) is 26.2 Å². The Labute approximate surface area is 110 Å². The Morgan fingerprint density at radius 1 is 1.50 bits per heavy atom. The lowest BCUT2D eigenvalue weighted by Crippen LogP contribution is -2.51. The summed E-state index contributed by atoms with van der Waals surface area (Å²) in [4.78, 5) is 13.3. The molecule has 1 aliphatic heterocycles. The van der Waals surface area contributed by atoms with Crippen LogP contribution in [0.2, 0.25) is 5.02 Å². The number of methoxy groups -OCH3 is 1. The summed E-state index contributed by atoms with van der Waals surface area (Å²) in [5, 5.41) is 9.47. The van der Waals surface area contributed by atoms with Crippen molar-refractivity contribution in [2.45, 2.75) is 6.10 Å². The predicted octanol–water partition coefficient (Wildman–Crippen LogP) is 1.74. The quantitative estimate of drug-likeness (QED) is 0.904. The van der Waals surface area contributed by atoms with Crippen LogP contribution in [0, 0.1) is 0 Å². The standard InChI is InChI=1S/C12H14ClNO4/c1-14-5-8(6-14)18-11-9(12(15)16)3-7(13)4-10(11)17-2/h3-4,8H,5-6H2,1-2H3,(H,15,16). The van der Waals surface area contributed by atoms with E-state index in [2.05, 4.69) is 4.90 Å². The highest BCUT2D eigenvalue weighted by molar-refractivity contribution is 6.31. The van der Waals surface area contributed by atoms with Crippen LogP contribution < -0.4 is 9.47 Å². The Morgan fingerprint density at radius 3 is 2.67 bits per heavy atom. The first kappa shape index (κ1) is 13.0. The molecule has 0 radical (unpaired) electrons. The Bertz CT molecular complexity index is 471. The zero-order valence-electron chi connectivity index (χ0n) is 10.1. The molecule has 6 heteroatoms. The second kappa shape index (κ2) is 5.04. The number of benzene rings is 1. The van der Waals surface area contributed by atoms with Gasteiger partial charge in [0, 0.05) is 24.2 Å². The van der Waals surface area contributed by atoms with Crippen LogP contribution >= 0.6 is 11.6 Å². The zero-order valence-corrected chi connectivity index (χ0v) is 10.9. The van der Waals surface area contributed by atoms with E-state index in [1.54, 1.807) is 6.07 Å². The third-order valence-corrected chi connectivity index (χ3v) is 3.00. The fraction of sp³-hybridized carbons (Fsp3) is 0.417. The van der Waals surface area contributed by atoms with Crippen LogP contribution in [-0.4, -0.2) is 49.3 Å². The molecule has 0 aliphatic carbocycles. The molecule has 1 heterocycles. The van der Waals surface area contributed by atoms with Gasteiger partial charge in [0.05, 0.1) is 7.11 Å². The van der Waals surface area contributed by atoms with Crippen molar-refractivity contribution in [3.8, 4) is 11.5 Å². The second-order valence-electron chi connectivity index (χ2n) is 4.25. The number of hydrogen-bond donors (Lipinski definition) is 1. The Balaban J connectivity index is 2.32. The number of hydrogen-bond acceptors (Lipinski definition) is 4. The second-order valence-corrected chi connectivity index (χ2v) is 4.69. The van der Waals surface area contributed by atoms with Crippen LogP contribution in [0.4, 0.5) is 0 Å². The number of halogens is 1. The van der Waals surface area contributed by atoms with Crippen molar-refractivity contribution in [3.63, 3.8) is 0 Å². The van der Waals surface area contributed by atoms with E-state index in [0.717, 1.165) is 13.1 Å². The minimum atomic E-state index is -1.08. The molecule has 1 fully saturated rings. The van der Waals surface area contributed by atoms with Crippen molar-refractivity contribution in [1.82, 2.24) is 4.90 Å². The van der Waals surface area contributed by atoms with Gasteiger partial charge in [-0.25, -0.2) is 4.79 Å². The van der Waals surface area contributed by atoms with Crippen molar-refractivity contribution < 1.29 is 19.4 Å². The lowest BCUT2D eigenvalue weighted by molar-refractivity contribution is 0.0351. The van der Waals surface area contributed by atoms with Gasteiger partial charge in [0.2, 0.25) is 0 Å². The molecule has 0 amide bonds. The van der Waals surface area contributed by atoms with E-state index in [1.807, 2.05) is 7.05 Å². The molecular weight excluding hydrogens is 258 g/mol.